The number of aryl methyl sites for hydroxylation is 1. The Morgan fingerprint density at radius 2 is 2.06 bits per heavy atom. The maximum absolute atomic E-state index is 11.0. The van der Waals surface area contributed by atoms with Crippen LogP contribution in [0.4, 0.5) is 5.69 Å². The van der Waals surface area contributed by atoms with Crippen LogP contribution >= 0.6 is 0 Å². The van der Waals surface area contributed by atoms with Gasteiger partial charge in [-0.15, -0.1) is 0 Å². The number of aromatic carboxylic acids is 1. The van der Waals surface area contributed by atoms with Gasteiger partial charge in [-0.05, 0) is 43.9 Å². The molecule has 0 aliphatic rings. The van der Waals surface area contributed by atoms with Crippen LogP contribution in [0.2, 0.25) is 0 Å². The number of nitrogens with one attached hydrogen (secondary N) is 1. The van der Waals surface area contributed by atoms with Crippen molar-refractivity contribution in [2.75, 3.05) is 18.5 Å². The molecule has 0 atom stereocenters. The van der Waals surface area contributed by atoms with E-state index in [0.717, 1.165) is 31.4 Å². The first-order valence-corrected chi connectivity index (χ1v) is 5.84. The van der Waals surface area contributed by atoms with Crippen LogP contribution in [-0.2, 0) is 0 Å². The van der Waals surface area contributed by atoms with E-state index in [0.29, 0.717) is 11.3 Å². The van der Waals surface area contributed by atoms with Crippen LogP contribution < -0.4 is 5.32 Å². The first-order chi connectivity index (χ1) is 8.15. The Balaban J connectivity index is 2.56. The predicted octanol–water partition coefficient (Wildman–Crippen LogP) is 2.27. The zero-order valence-corrected chi connectivity index (χ0v) is 10.1. The molecule has 0 unspecified atom stereocenters. The van der Waals surface area contributed by atoms with Gasteiger partial charge in [0.25, 0.3) is 0 Å². The molecule has 0 heterocycles. The lowest BCUT2D eigenvalue weighted by atomic mass is 10.1. The van der Waals surface area contributed by atoms with Gasteiger partial charge in [0.1, 0.15) is 0 Å². The second kappa shape index (κ2) is 6.91. The molecule has 0 amide bonds. The number of aliphatic hydroxyl groups excluding tert-OH is 1. The quantitative estimate of drug-likeness (QED) is 0.636. The minimum absolute atomic E-state index is 0.213. The highest BCUT2D eigenvalue weighted by molar-refractivity contribution is 5.94. The number of rotatable bonds is 7. The van der Waals surface area contributed by atoms with Crippen LogP contribution in [-0.4, -0.2) is 29.3 Å². The molecule has 4 nitrogen and oxygen atoms in total. The van der Waals surface area contributed by atoms with Gasteiger partial charge < -0.3 is 15.5 Å². The third-order valence-corrected chi connectivity index (χ3v) is 2.56. The summed E-state index contributed by atoms with van der Waals surface area (Å²) in [6, 6.07) is 5.25. The molecule has 0 fully saturated rings. The molecular formula is C13H19NO3. The molecular weight excluding hydrogens is 218 g/mol. The summed E-state index contributed by atoms with van der Waals surface area (Å²) in [4.78, 5) is 11.0. The van der Waals surface area contributed by atoms with Crippen molar-refractivity contribution in [2.45, 2.75) is 26.2 Å². The number of benzene rings is 1. The van der Waals surface area contributed by atoms with E-state index < -0.39 is 5.97 Å². The zero-order chi connectivity index (χ0) is 12.7. The van der Waals surface area contributed by atoms with E-state index in [4.69, 9.17) is 10.2 Å². The maximum atomic E-state index is 11.0. The van der Waals surface area contributed by atoms with Gasteiger partial charge in [0, 0.05) is 18.8 Å². The largest absolute Gasteiger partial charge is 0.478 e. The van der Waals surface area contributed by atoms with Gasteiger partial charge in [-0.1, -0.05) is 6.07 Å². The van der Waals surface area contributed by atoms with Gasteiger partial charge in [0.05, 0.1) is 5.56 Å². The Kier molecular flexibility index (Phi) is 5.49. The Bertz CT molecular complexity index is 377. The van der Waals surface area contributed by atoms with E-state index in [2.05, 4.69) is 5.32 Å². The Labute approximate surface area is 101 Å². The summed E-state index contributed by atoms with van der Waals surface area (Å²) in [5, 5.41) is 20.8. The lowest BCUT2D eigenvalue weighted by Crippen LogP contribution is -2.08. The van der Waals surface area contributed by atoms with Gasteiger partial charge in [0.2, 0.25) is 0 Å². The van der Waals surface area contributed by atoms with E-state index in [1.54, 1.807) is 12.1 Å². The van der Waals surface area contributed by atoms with E-state index >= 15 is 0 Å². The van der Waals surface area contributed by atoms with Gasteiger partial charge in [-0.2, -0.15) is 0 Å². The van der Waals surface area contributed by atoms with Crippen LogP contribution in [0.3, 0.4) is 0 Å². The summed E-state index contributed by atoms with van der Waals surface area (Å²) < 4.78 is 0. The molecule has 0 spiro atoms. The SMILES string of the molecule is Cc1ccc(C(=O)O)c(NCCCCCO)c1. The molecule has 0 bridgehead atoms. The number of carboxylic acids is 1. The lowest BCUT2D eigenvalue weighted by Gasteiger charge is -2.10. The molecule has 17 heavy (non-hydrogen) atoms. The third-order valence-electron chi connectivity index (χ3n) is 2.56. The smallest absolute Gasteiger partial charge is 0.337 e. The molecule has 0 aliphatic heterocycles. The monoisotopic (exact) mass is 237 g/mol. The number of hydrogen-bond acceptors (Lipinski definition) is 3. The summed E-state index contributed by atoms with van der Waals surface area (Å²) in [5.41, 5.74) is 2.01. The summed E-state index contributed by atoms with van der Waals surface area (Å²) in [6.07, 6.45) is 2.66. The Morgan fingerprint density at radius 1 is 1.29 bits per heavy atom. The third kappa shape index (κ3) is 4.44. The van der Waals surface area contributed by atoms with Crippen molar-refractivity contribution in [3.8, 4) is 0 Å². The van der Waals surface area contributed by atoms with Gasteiger partial charge in [-0.3, -0.25) is 0 Å². The minimum atomic E-state index is -0.914. The standard InChI is InChI=1S/C13H19NO3/c1-10-5-6-11(13(16)17)12(9-10)14-7-3-2-4-8-15/h5-6,9,14-15H,2-4,7-8H2,1H3,(H,16,17). The number of unbranched alkanes of at least 4 members (excludes halogenated alkanes) is 2. The summed E-state index contributed by atoms with van der Waals surface area (Å²) in [6.45, 7) is 2.87. The average Bonchev–Trinajstić information content (AvgIpc) is 2.28. The fraction of sp³-hybridized carbons (Fsp3) is 0.462. The van der Waals surface area contributed by atoms with Crippen molar-refractivity contribution in [3.05, 3.63) is 29.3 Å². The second-order valence-electron chi connectivity index (χ2n) is 4.07. The lowest BCUT2D eigenvalue weighted by molar-refractivity contribution is 0.0698. The van der Waals surface area contributed by atoms with Gasteiger partial charge in [-0.25, -0.2) is 4.79 Å². The van der Waals surface area contributed by atoms with Crippen molar-refractivity contribution >= 4 is 11.7 Å². The van der Waals surface area contributed by atoms with Gasteiger partial charge >= 0.3 is 5.97 Å². The molecule has 0 saturated heterocycles. The van der Waals surface area contributed by atoms with Crippen LogP contribution in [0.1, 0.15) is 35.2 Å². The summed E-state index contributed by atoms with van der Waals surface area (Å²) in [7, 11) is 0. The fourth-order valence-electron chi connectivity index (χ4n) is 1.63. The van der Waals surface area contributed by atoms with E-state index in [1.165, 1.54) is 0 Å². The van der Waals surface area contributed by atoms with Crippen LogP contribution in [0.5, 0.6) is 0 Å². The van der Waals surface area contributed by atoms with Crippen molar-refractivity contribution in [3.63, 3.8) is 0 Å². The number of carbonyl (C=O) groups is 1. The average molecular weight is 237 g/mol. The molecule has 0 aliphatic carbocycles. The fourth-order valence-corrected chi connectivity index (χ4v) is 1.63. The molecule has 4 heteroatoms. The Hall–Kier alpha value is -1.55. The highest BCUT2D eigenvalue weighted by Gasteiger charge is 2.08. The van der Waals surface area contributed by atoms with Crippen molar-refractivity contribution < 1.29 is 15.0 Å². The normalized spacial score (nSPS) is 10.2. The molecule has 1 rings (SSSR count). The predicted molar refractivity (Wildman–Crippen MR) is 67.6 cm³/mol. The van der Waals surface area contributed by atoms with Crippen molar-refractivity contribution in [2.24, 2.45) is 0 Å². The maximum Gasteiger partial charge on any atom is 0.337 e. The molecule has 0 aromatic heterocycles. The molecule has 1 aromatic carbocycles. The van der Waals surface area contributed by atoms with E-state index in [9.17, 15) is 4.79 Å². The van der Waals surface area contributed by atoms with E-state index in [-0.39, 0.29) is 6.61 Å². The highest BCUT2D eigenvalue weighted by atomic mass is 16.4. The first kappa shape index (κ1) is 13.5. The number of carboxylic acid groups (broad SMARTS) is 1. The van der Waals surface area contributed by atoms with Crippen LogP contribution in [0.15, 0.2) is 18.2 Å². The number of anilines is 1. The molecule has 1 aromatic rings. The second-order valence-corrected chi connectivity index (χ2v) is 4.07. The molecule has 0 radical (unpaired) electrons. The van der Waals surface area contributed by atoms with Crippen LogP contribution in [0, 0.1) is 6.92 Å². The molecule has 0 saturated carbocycles. The topological polar surface area (TPSA) is 69.6 Å². The van der Waals surface area contributed by atoms with Crippen LogP contribution in [0.25, 0.3) is 0 Å². The molecule has 94 valence electrons. The van der Waals surface area contributed by atoms with Crippen molar-refractivity contribution in [1.82, 2.24) is 0 Å². The van der Waals surface area contributed by atoms with E-state index in [1.807, 2.05) is 13.0 Å². The van der Waals surface area contributed by atoms with Gasteiger partial charge in [0.15, 0.2) is 0 Å². The molecule has 3 N–H and O–H groups in total. The highest BCUT2D eigenvalue weighted by Crippen LogP contribution is 2.17. The minimum Gasteiger partial charge on any atom is -0.478 e. The van der Waals surface area contributed by atoms with Crippen molar-refractivity contribution in [1.29, 1.82) is 0 Å². The first-order valence-electron chi connectivity index (χ1n) is 5.84. The summed E-state index contributed by atoms with van der Waals surface area (Å²) in [5.74, 6) is -0.914. The zero-order valence-electron chi connectivity index (χ0n) is 10.1. The number of hydrogen-bond donors (Lipinski definition) is 3. The Morgan fingerprint density at radius 3 is 2.71 bits per heavy atom. The summed E-state index contributed by atoms with van der Waals surface area (Å²) >= 11 is 0. The number of aliphatic hydroxyl groups is 1.